The van der Waals surface area contributed by atoms with Gasteiger partial charge >= 0.3 is 0 Å². The standard InChI is InChI=1S/C25H29N9O2S.ClH.2H3N.6H2/c35-37(36,32-20-7-6-18-17-26-31-22(18)16-20)21-10-8-19(9-11-21)27-23-28-24(33-12-2-1-3-13-33)30-25(29-23)34-14-4-5-15-34;;;;;;;;;/h6-11,16-17,32H,1-5,12-15H2,(H,26,31)(H,27,28,29,30);1H;2*1H3;6*1H. The Kier molecular flexibility index (Phi) is 10.1. The van der Waals surface area contributed by atoms with Gasteiger partial charge in [-0.05, 0) is 74.6 Å². The number of halogens is 1. The minimum atomic E-state index is -3.76. The smallest absolute Gasteiger partial charge is 0.261 e. The molecule has 2 aliphatic rings. The highest BCUT2D eigenvalue weighted by atomic mass is 35.5. The van der Waals surface area contributed by atoms with Crippen LogP contribution in [-0.4, -0.2) is 59.7 Å². The average Bonchev–Trinajstić information content (AvgIpc) is 3.62. The number of aromatic amines is 1. The second kappa shape index (κ2) is 13.1. The Morgan fingerprint density at radius 2 is 1.35 bits per heavy atom. The highest BCUT2D eigenvalue weighted by Crippen LogP contribution is 2.26. The van der Waals surface area contributed by atoms with E-state index < -0.39 is 10.0 Å². The van der Waals surface area contributed by atoms with E-state index in [2.05, 4.69) is 35.0 Å². The molecule has 15 heteroatoms. The largest absolute Gasteiger partial charge is 0.344 e. The number of nitrogens with one attached hydrogen (secondary N) is 3. The van der Waals surface area contributed by atoms with Crippen molar-refractivity contribution >= 4 is 62.6 Å². The molecule has 4 aromatic rings. The molecule has 0 bridgehead atoms. The van der Waals surface area contributed by atoms with Crippen LogP contribution in [0.3, 0.4) is 0 Å². The molecular formula is C25H48ClN11O2S. The minimum absolute atomic E-state index is 0. The van der Waals surface area contributed by atoms with Gasteiger partial charge in [-0.2, -0.15) is 20.1 Å². The fourth-order valence-electron chi connectivity index (χ4n) is 4.76. The van der Waals surface area contributed by atoms with Crippen LogP contribution in [-0.2, 0) is 10.0 Å². The number of fused-ring (bicyclic) bond motifs is 1. The lowest BCUT2D eigenvalue weighted by Gasteiger charge is -2.27. The van der Waals surface area contributed by atoms with E-state index in [0.717, 1.165) is 62.8 Å². The van der Waals surface area contributed by atoms with Crippen molar-refractivity contribution in [3.8, 4) is 0 Å². The molecule has 0 radical (unpaired) electrons. The quantitative estimate of drug-likeness (QED) is 0.163. The summed E-state index contributed by atoms with van der Waals surface area (Å²) in [6.07, 6.45) is 7.45. The number of rotatable bonds is 7. The molecule has 2 aromatic heterocycles. The van der Waals surface area contributed by atoms with Crippen LogP contribution in [0.1, 0.15) is 40.7 Å². The zero-order valence-electron chi connectivity index (χ0n) is 22.2. The first-order valence-corrected chi connectivity index (χ1v) is 14.1. The predicted molar refractivity (Wildman–Crippen MR) is 174 cm³/mol. The summed E-state index contributed by atoms with van der Waals surface area (Å²) in [7, 11) is -3.76. The van der Waals surface area contributed by atoms with E-state index in [-0.39, 0.29) is 38.2 Å². The Labute approximate surface area is 248 Å². The molecule has 2 saturated heterocycles. The maximum Gasteiger partial charge on any atom is 0.261 e. The minimum Gasteiger partial charge on any atom is -0.344 e. The molecule has 0 spiro atoms. The van der Waals surface area contributed by atoms with Gasteiger partial charge in [0.2, 0.25) is 17.8 Å². The molecule has 0 unspecified atom stereocenters. The maximum absolute atomic E-state index is 13.0. The lowest BCUT2D eigenvalue weighted by molar-refractivity contribution is 0.567. The number of H-pyrrole nitrogens is 1. The summed E-state index contributed by atoms with van der Waals surface area (Å²) < 4.78 is 28.5. The van der Waals surface area contributed by atoms with Crippen LogP contribution in [0.15, 0.2) is 53.6 Å². The Bertz CT molecular complexity index is 1530. The lowest BCUT2D eigenvalue weighted by Crippen LogP contribution is -2.32. The molecule has 9 N–H and O–H groups in total. The Morgan fingerprint density at radius 1 is 0.775 bits per heavy atom. The van der Waals surface area contributed by atoms with Gasteiger partial charge in [0.25, 0.3) is 10.0 Å². The van der Waals surface area contributed by atoms with Gasteiger partial charge in [-0.1, -0.05) is 0 Å². The molecule has 228 valence electrons. The van der Waals surface area contributed by atoms with Crippen molar-refractivity contribution in [3.05, 3.63) is 48.7 Å². The van der Waals surface area contributed by atoms with Crippen LogP contribution in [0, 0.1) is 0 Å². The molecular weight excluding hydrogens is 554 g/mol. The van der Waals surface area contributed by atoms with Crippen LogP contribution in [0.25, 0.3) is 10.9 Å². The summed E-state index contributed by atoms with van der Waals surface area (Å²) >= 11 is 0. The van der Waals surface area contributed by atoms with Crippen molar-refractivity contribution in [1.29, 1.82) is 0 Å². The summed E-state index contributed by atoms with van der Waals surface area (Å²) in [5.41, 5.74) is 1.92. The van der Waals surface area contributed by atoms with Gasteiger partial charge in [0.15, 0.2) is 0 Å². The summed E-state index contributed by atoms with van der Waals surface area (Å²) in [6.45, 7) is 3.76. The fourth-order valence-corrected chi connectivity index (χ4v) is 5.81. The fraction of sp³-hybridized carbons (Fsp3) is 0.360. The number of hydrogen-bond acceptors (Lipinski definition) is 11. The topological polar surface area (TPSA) is 202 Å². The predicted octanol–water partition coefficient (Wildman–Crippen LogP) is 6.10. The first-order chi connectivity index (χ1) is 18.0. The van der Waals surface area contributed by atoms with Gasteiger partial charge in [-0.3, -0.25) is 9.82 Å². The zero-order chi connectivity index (χ0) is 25.2. The van der Waals surface area contributed by atoms with E-state index in [1.54, 1.807) is 42.6 Å². The number of piperidine rings is 1. The highest BCUT2D eigenvalue weighted by molar-refractivity contribution is 7.92. The number of nitrogens with zero attached hydrogens (tertiary/aromatic N) is 6. The number of anilines is 5. The summed E-state index contributed by atoms with van der Waals surface area (Å²) in [6, 6.07) is 11.8. The number of aromatic nitrogens is 5. The second-order valence-electron chi connectivity index (χ2n) is 9.43. The van der Waals surface area contributed by atoms with E-state index in [9.17, 15) is 8.42 Å². The van der Waals surface area contributed by atoms with E-state index in [0.29, 0.717) is 29.2 Å². The SMILES string of the molecule is Cl.N.N.O=S(=O)(Nc1ccc2cn[nH]c2c1)c1ccc(Nc2nc(N3CCCCC3)nc(N3CCCC3)n2)cc1.[HH].[HH].[HH].[HH].[HH].[HH]. The van der Waals surface area contributed by atoms with Crippen molar-refractivity contribution in [1.82, 2.24) is 37.5 Å². The van der Waals surface area contributed by atoms with Crippen LogP contribution >= 0.6 is 12.4 Å². The Morgan fingerprint density at radius 3 is 1.98 bits per heavy atom. The van der Waals surface area contributed by atoms with Gasteiger partial charge in [0.05, 0.1) is 22.3 Å². The Balaban J connectivity index is -0.000000980. The van der Waals surface area contributed by atoms with Gasteiger partial charge in [-0.25, -0.2) is 8.42 Å². The summed E-state index contributed by atoms with van der Waals surface area (Å²) in [4.78, 5) is 18.7. The Hall–Kier alpha value is -3.72. The molecule has 2 aromatic carbocycles. The van der Waals surface area contributed by atoms with Crippen LogP contribution in [0.2, 0.25) is 0 Å². The second-order valence-corrected chi connectivity index (χ2v) is 11.1. The van der Waals surface area contributed by atoms with Gasteiger partial charge in [0, 0.05) is 45.8 Å². The molecule has 13 nitrogen and oxygen atoms in total. The van der Waals surface area contributed by atoms with E-state index >= 15 is 0 Å². The third-order valence-electron chi connectivity index (χ3n) is 6.75. The van der Waals surface area contributed by atoms with Crippen LogP contribution in [0.5, 0.6) is 0 Å². The number of sulfonamides is 1. The van der Waals surface area contributed by atoms with Gasteiger partial charge < -0.3 is 27.4 Å². The zero-order valence-corrected chi connectivity index (χ0v) is 23.8. The maximum atomic E-state index is 13.0. The molecule has 2 fully saturated rings. The van der Waals surface area contributed by atoms with E-state index in [4.69, 9.17) is 9.97 Å². The molecule has 0 aliphatic carbocycles. The van der Waals surface area contributed by atoms with Crippen molar-refractivity contribution in [3.63, 3.8) is 0 Å². The first kappa shape index (κ1) is 30.8. The molecule has 0 saturated carbocycles. The molecule has 4 heterocycles. The van der Waals surface area contributed by atoms with E-state index in [1.807, 2.05) is 6.07 Å². The van der Waals surface area contributed by atoms with Crippen molar-refractivity contribution in [2.24, 2.45) is 0 Å². The van der Waals surface area contributed by atoms with Crippen molar-refractivity contribution < 1.29 is 17.0 Å². The summed E-state index contributed by atoms with van der Waals surface area (Å²) in [5.74, 6) is 1.84. The third-order valence-corrected chi connectivity index (χ3v) is 8.15. The average molecular weight is 602 g/mol. The molecule has 2 aliphatic heterocycles. The van der Waals surface area contributed by atoms with E-state index in [1.165, 1.54) is 6.42 Å². The van der Waals surface area contributed by atoms with Crippen molar-refractivity contribution in [2.45, 2.75) is 37.0 Å². The van der Waals surface area contributed by atoms with Gasteiger partial charge in [0.1, 0.15) is 0 Å². The number of benzene rings is 2. The highest BCUT2D eigenvalue weighted by Gasteiger charge is 2.21. The van der Waals surface area contributed by atoms with Crippen LogP contribution < -0.4 is 32.1 Å². The third kappa shape index (κ3) is 6.70. The first-order valence-electron chi connectivity index (χ1n) is 12.6. The molecule has 0 amide bonds. The van der Waals surface area contributed by atoms with Crippen molar-refractivity contribution in [2.75, 3.05) is 46.0 Å². The molecule has 0 atom stereocenters. The van der Waals surface area contributed by atoms with Gasteiger partial charge in [-0.15, -0.1) is 12.4 Å². The lowest BCUT2D eigenvalue weighted by atomic mass is 10.1. The number of hydrogen-bond donors (Lipinski definition) is 5. The molecule has 40 heavy (non-hydrogen) atoms. The normalized spacial score (nSPS) is 15.1. The monoisotopic (exact) mass is 601 g/mol. The van der Waals surface area contributed by atoms with Crippen LogP contribution in [0.4, 0.5) is 29.2 Å². The molecule has 6 rings (SSSR count). The summed E-state index contributed by atoms with van der Waals surface area (Å²) in [5, 5.41) is 11.0.